The summed E-state index contributed by atoms with van der Waals surface area (Å²) < 4.78 is 5.61. The van der Waals surface area contributed by atoms with Crippen molar-refractivity contribution in [2.24, 2.45) is 16.1 Å². The minimum Gasteiger partial charge on any atom is -0.444 e. The van der Waals surface area contributed by atoms with E-state index < -0.39 is 11.3 Å². The maximum absolute atomic E-state index is 12.6. The number of fused-ring (bicyclic) bond motifs is 2. The van der Waals surface area contributed by atoms with Crippen LogP contribution in [0.4, 0.5) is 4.79 Å². The molecule has 2 amide bonds. The van der Waals surface area contributed by atoms with Gasteiger partial charge in [0.2, 0.25) is 5.91 Å². The lowest BCUT2D eigenvalue weighted by Gasteiger charge is -2.40. The van der Waals surface area contributed by atoms with Crippen LogP contribution in [0.25, 0.3) is 0 Å². The molecule has 3 unspecified atom stereocenters. The number of nitrogens with zero attached hydrogens (tertiary/aromatic N) is 3. The summed E-state index contributed by atoms with van der Waals surface area (Å²) in [6, 6.07) is 0.644. The monoisotopic (exact) mass is 416 g/mol. The highest BCUT2D eigenvalue weighted by atomic mass is 16.6. The van der Waals surface area contributed by atoms with Crippen molar-refractivity contribution in [1.29, 1.82) is 0 Å². The summed E-state index contributed by atoms with van der Waals surface area (Å²) in [5, 5.41) is 11.3. The first-order chi connectivity index (χ1) is 14.1. The summed E-state index contributed by atoms with van der Waals surface area (Å²) in [5.74, 6) is 3.18. The number of hydrogen-bond acceptors (Lipinski definition) is 5. The van der Waals surface area contributed by atoms with Crippen LogP contribution in [0.2, 0.25) is 0 Å². The molecule has 3 heterocycles. The number of rotatable bonds is 8. The van der Waals surface area contributed by atoms with Gasteiger partial charge in [0, 0.05) is 43.8 Å². The van der Waals surface area contributed by atoms with Crippen molar-refractivity contribution in [2.45, 2.75) is 115 Å². The van der Waals surface area contributed by atoms with Gasteiger partial charge in [-0.1, -0.05) is 0 Å². The first kappa shape index (κ1) is 22.6. The van der Waals surface area contributed by atoms with Crippen LogP contribution in [0.3, 0.4) is 0 Å². The fourth-order valence-electron chi connectivity index (χ4n) is 4.98. The number of nitrogens with one attached hydrogen (secondary N) is 1. The second-order valence-corrected chi connectivity index (χ2v) is 10.2. The fourth-order valence-corrected chi connectivity index (χ4v) is 4.98. The molecule has 1 N–H and O–H groups in total. The van der Waals surface area contributed by atoms with Gasteiger partial charge in [-0.05, 0) is 65.7 Å². The van der Waals surface area contributed by atoms with Crippen molar-refractivity contribution in [1.82, 2.24) is 10.2 Å². The molecule has 2 fully saturated rings. The molecule has 2 saturated heterocycles. The molecule has 3 aliphatic heterocycles. The first-order valence-corrected chi connectivity index (χ1v) is 11.3. The van der Waals surface area contributed by atoms with Crippen LogP contribution in [0.15, 0.2) is 10.2 Å². The smallest absolute Gasteiger partial charge is 0.410 e. The van der Waals surface area contributed by atoms with Crippen molar-refractivity contribution >= 4 is 12.0 Å². The average Bonchev–Trinajstić information content (AvgIpc) is 3.35. The molecular formula is C23H36N4O3. The molecule has 7 nitrogen and oxygen atoms in total. The van der Waals surface area contributed by atoms with Crippen molar-refractivity contribution in [2.75, 3.05) is 0 Å². The van der Waals surface area contributed by atoms with Crippen molar-refractivity contribution in [3.63, 3.8) is 0 Å². The second-order valence-electron chi connectivity index (χ2n) is 10.2. The number of amides is 2. The summed E-state index contributed by atoms with van der Waals surface area (Å²) in [6.07, 6.45) is 12.6. The van der Waals surface area contributed by atoms with Gasteiger partial charge in [0.15, 0.2) is 5.66 Å². The summed E-state index contributed by atoms with van der Waals surface area (Å²) in [5.41, 5.74) is -0.868. The van der Waals surface area contributed by atoms with Gasteiger partial charge in [-0.2, -0.15) is 10.2 Å². The van der Waals surface area contributed by atoms with E-state index >= 15 is 0 Å². The van der Waals surface area contributed by atoms with Crippen LogP contribution in [0.1, 0.15) is 85.5 Å². The van der Waals surface area contributed by atoms with E-state index in [1.165, 1.54) is 0 Å². The lowest BCUT2D eigenvalue weighted by atomic mass is 9.86. The molecule has 0 aromatic heterocycles. The molecule has 0 spiro atoms. The Balaban J connectivity index is 1.41. The van der Waals surface area contributed by atoms with E-state index in [1.807, 2.05) is 25.7 Å². The van der Waals surface area contributed by atoms with Crippen molar-refractivity contribution in [3.8, 4) is 12.3 Å². The lowest BCUT2D eigenvalue weighted by Crippen LogP contribution is -2.49. The Morgan fingerprint density at radius 2 is 1.87 bits per heavy atom. The average molecular weight is 417 g/mol. The molecule has 3 rings (SSSR count). The molecule has 0 saturated carbocycles. The number of carbonyl (C=O) groups is 2. The zero-order chi connectivity index (χ0) is 21.9. The van der Waals surface area contributed by atoms with Gasteiger partial charge in [-0.3, -0.25) is 4.79 Å². The van der Waals surface area contributed by atoms with Crippen LogP contribution < -0.4 is 5.32 Å². The van der Waals surface area contributed by atoms with E-state index in [2.05, 4.69) is 28.4 Å². The van der Waals surface area contributed by atoms with Gasteiger partial charge in [-0.15, -0.1) is 12.3 Å². The maximum Gasteiger partial charge on any atom is 0.410 e. The fraction of sp³-hybridized carbons (Fsp3) is 0.826. The van der Waals surface area contributed by atoms with Gasteiger partial charge in [0.25, 0.3) is 0 Å². The minimum absolute atomic E-state index is 0.0500. The number of hydrogen-bond donors (Lipinski definition) is 1. The van der Waals surface area contributed by atoms with Crippen molar-refractivity contribution in [3.05, 3.63) is 0 Å². The van der Waals surface area contributed by atoms with E-state index in [4.69, 9.17) is 11.2 Å². The molecule has 0 radical (unpaired) electrons. The molecule has 0 aliphatic carbocycles. The Morgan fingerprint density at radius 3 is 2.40 bits per heavy atom. The standard InChI is InChI=1S/C23H36N4O3/c1-6-7-11-23(25-26-23)12-10-20(28)24-16(2)13-17-14-18-8-9-19(15-17)27(18)21(29)30-22(3,4)5/h1,16-19H,7-15H2,2-5H3,(H,24,28). The quantitative estimate of drug-likeness (QED) is 0.595. The van der Waals surface area contributed by atoms with E-state index in [1.54, 1.807) is 0 Å². The molecule has 0 aromatic rings. The molecule has 0 aromatic carbocycles. The lowest BCUT2D eigenvalue weighted by molar-refractivity contribution is -0.122. The van der Waals surface area contributed by atoms with Gasteiger partial charge >= 0.3 is 6.09 Å². The highest BCUT2D eigenvalue weighted by Gasteiger charge is 2.45. The molecule has 3 aliphatic rings. The van der Waals surface area contributed by atoms with Crippen LogP contribution in [0, 0.1) is 18.3 Å². The summed E-state index contributed by atoms with van der Waals surface area (Å²) in [6.45, 7) is 7.80. The number of piperidine rings is 1. The Kier molecular flexibility index (Phi) is 6.74. The highest BCUT2D eigenvalue weighted by molar-refractivity contribution is 5.76. The van der Waals surface area contributed by atoms with Gasteiger partial charge in [0.1, 0.15) is 5.60 Å². The predicted molar refractivity (Wildman–Crippen MR) is 115 cm³/mol. The van der Waals surface area contributed by atoms with E-state index in [-0.39, 0.29) is 30.1 Å². The minimum atomic E-state index is -0.466. The normalized spacial score (nSPS) is 27.3. The highest BCUT2D eigenvalue weighted by Crippen LogP contribution is 2.41. The molecule has 3 atom stereocenters. The third kappa shape index (κ3) is 5.96. The van der Waals surface area contributed by atoms with E-state index in [0.29, 0.717) is 25.2 Å². The van der Waals surface area contributed by atoms with Crippen LogP contribution in [-0.4, -0.2) is 46.3 Å². The molecule has 30 heavy (non-hydrogen) atoms. The van der Waals surface area contributed by atoms with Gasteiger partial charge in [-0.25, -0.2) is 4.79 Å². The van der Waals surface area contributed by atoms with Crippen LogP contribution >= 0.6 is 0 Å². The number of carbonyl (C=O) groups excluding carboxylic acids is 2. The summed E-state index contributed by atoms with van der Waals surface area (Å²) >= 11 is 0. The third-order valence-corrected chi connectivity index (χ3v) is 6.33. The first-order valence-electron chi connectivity index (χ1n) is 11.3. The van der Waals surface area contributed by atoms with E-state index in [9.17, 15) is 9.59 Å². The zero-order valence-electron chi connectivity index (χ0n) is 18.8. The van der Waals surface area contributed by atoms with Crippen molar-refractivity contribution < 1.29 is 14.3 Å². The second kappa shape index (κ2) is 8.95. The molecule has 7 heteroatoms. The predicted octanol–water partition coefficient (Wildman–Crippen LogP) is 4.42. The number of terminal acetylenes is 1. The Morgan fingerprint density at radius 1 is 1.23 bits per heavy atom. The largest absolute Gasteiger partial charge is 0.444 e. The topological polar surface area (TPSA) is 83.4 Å². The third-order valence-electron chi connectivity index (χ3n) is 6.33. The SMILES string of the molecule is C#CCCC1(CCC(=O)NC(C)CC2CC3CCC(C2)N3C(=O)OC(C)(C)C)N=N1. The Hall–Kier alpha value is -2.10. The van der Waals surface area contributed by atoms with Crippen LogP contribution in [0.5, 0.6) is 0 Å². The van der Waals surface area contributed by atoms with Crippen LogP contribution in [-0.2, 0) is 9.53 Å². The van der Waals surface area contributed by atoms with Gasteiger partial charge in [0.05, 0.1) is 0 Å². The summed E-state index contributed by atoms with van der Waals surface area (Å²) in [4.78, 5) is 26.9. The molecular weight excluding hydrogens is 380 g/mol. The zero-order valence-corrected chi connectivity index (χ0v) is 18.8. The Labute approximate surface area is 180 Å². The summed E-state index contributed by atoms with van der Waals surface area (Å²) in [7, 11) is 0. The molecule has 2 bridgehead atoms. The maximum atomic E-state index is 12.6. The Bertz CT molecular complexity index is 701. The number of ether oxygens (including phenoxy) is 1. The van der Waals surface area contributed by atoms with Gasteiger partial charge < -0.3 is 15.0 Å². The molecule has 166 valence electrons. The van der Waals surface area contributed by atoms with E-state index in [0.717, 1.165) is 38.5 Å².